The summed E-state index contributed by atoms with van der Waals surface area (Å²) >= 11 is 6.02. The molecule has 4 nitrogen and oxygen atoms in total. The van der Waals surface area contributed by atoms with Crippen molar-refractivity contribution in [3.63, 3.8) is 0 Å². The summed E-state index contributed by atoms with van der Waals surface area (Å²) in [7, 11) is 0. The largest absolute Gasteiger partial charge is 0.486 e. The Balaban J connectivity index is 1.76. The molecule has 2 unspecified atom stereocenters. The standard InChI is InChI=1S/C18H16ClF2NO3/c19-14-9-11(20)5-6-13(14)17(18(23)24)22-8-7-12(10-22)25-16-4-2-1-3-15(16)21/h1-6,9,12,17H,7-8,10H2,(H,23,24). The highest BCUT2D eigenvalue weighted by molar-refractivity contribution is 6.31. The van der Waals surface area contributed by atoms with Gasteiger partial charge in [-0.3, -0.25) is 9.69 Å². The Bertz CT molecular complexity index is 787. The molecule has 132 valence electrons. The van der Waals surface area contributed by atoms with Crippen molar-refractivity contribution in [2.24, 2.45) is 0 Å². The zero-order valence-electron chi connectivity index (χ0n) is 13.2. The zero-order chi connectivity index (χ0) is 18.0. The van der Waals surface area contributed by atoms with E-state index in [-0.39, 0.29) is 16.9 Å². The van der Waals surface area contributed by atoms with Crippen LogP contribution in [0.4, 0.5) is 8.78 Å². The average molecular weight is 368 g/mol. The first-order valence-electron chi connectivity index (χ1n) is 7.78. The van der Waals surface area contributed by atoms with Crippen molar-refractivity contribution in [3.8, 4) is 5.75 Å². The van der Waals surface area contributed by atoms with Crippen LogP contribution < -0.4 is 4.74 Å². The second-order valence-electron chi connectivity index (χ2n) is 5.86. The molecule has 0 saturated carbocycles. The van der Waals surface area contributed by atoms with Crippen LogP contribution in [0.2, 0.25) is 5.02 Å². The number of rotatable bonds is 5. The third kappa shape index (κ3) is 3.91. The molecule has 1 aliphatic rings. The van der Waals surface area contributed by atoms with Crippen molar-refractivity contribution < 1.29 is 23.4 Å². The summed E-state index contributed by atoms with van der Waals surface area (Å²) in [5.74, 6) is -1.93. The van der Waals surface area contributed by atoms with E-state index >= 15 is 0 Å². The van der Waals surface area contributed by atoms with Crippen molar-refractivity contribution in [3.05, 3.63) is 64.7 Å². The molecule has 2 aromatic carbocycles. The number of aliphatic carboxylic acids is 1. The summed E-state index contributed by atoms with van der Waals surface area (Å²) < 4.78 is 32.6. The van der Waals surface area contributed by atoms with Gasteiger partial charge in [0.15, 0.2) is 11.6 Å². The molecular formula is C18H16ClF2NO3. The summed E-state index contributed by atoms with van der Waals surface area (Å²) in [6, 6.07) is 8.72. The maximum absolute atomic E-state index is 13.7. The van der Waals surface area contributed by atoms with Crippen molar-refractivity contribution in [1.29, 1.82) is 0 Å². The lowest BCUT2D eigenvalue weighted by Gasteiger charge is -2.25. The summed E-state index contributed by atoms with van der Waals surface area (Å²) in [5, 5.41) is 9.67. The lowest BCUT2D eigenvalue weighted by Crippen LogP contribution is -2.34. The molecule has 0 spiro atoms. The average Bonchev–Trinajstić information content (AvgIpc) is 3.00. The Labute approximate surface area is 148 Å². The number of benzene rings is 2. The molecule has 2 atom stereocenters. The molecule has 3 rings (SSSR count). The van der Waals surface area contributed by atoms with E-state index in [0.29, 0.717) is 25.1 Å². The number of nitrogens with zero attached hydrogens (tertiary/aromatic N) is 1. The van der Waals surface area contributed by atoms with Crippen molar-refractivity contribution in [2.45, 2.75) is 18.6 Å². The summed E-state index contributed by atoms with van der Waals surface area (Å²) in [4.78, 5) is 13.4. The van der Waals surface area contributed by atoms with Crippen LogP contribution in [0.3, 0.4) is 0 Å². The molecular weight excluding hydrogens is 352 g/mol. The highest BCUT2D eigenvalue weighted by Crippen LogP contribution is 2.32. The van der Waals surface area contributed by atoms with Gasteiger partial charge in [-0.25, -0.2) is 8.78 Å². The van der Waals surface area contributed by atoms with Crippen LogP contribution in [0.5, 0.6) is 5.75 Å². The maximum atomic E-state index is 13.7. The number of hydrogen-bond donors (Lipinski definition) is 1. The van der Waals surface area contributed by atoms with Crippen LogP contribution in [0.25, 0.3) is 0 Å². The minimum Gasteiger partial charge on any atom is -0.486 e. The van der Waals surface area contributed by atoms with E-state index in [0.717, 1.165) is 6.07 Å². The van der Waals surface area contributed by atoms with Crippen LogP contribution in [-0.2, 0) is 4.79 Å². The molecule has 0 aliphatic carbocycles. The summed E-state index contributed by atoms with van der Waals surface area (Å²) in [6.07, 6.45) is 0.217. The van der Waals surface area contributed by atoms with Crippen molar-refractivity contribution in [1.82, 2.24) is 4.90 Å². The highest BCUT2D eigenvalue weighted by Gasteiger charge is 2.35. The van der Waals surface area contributed by atoms with Crippen molar-refractivity contribution >= 4 is 17.6 Å². The molecule has 0 amide bonds. The van der Waals surface area contributed by atoms with Gasteiger partial charge in [0.25, 0.3) is 0 Å². The van der Waals surface area contributed by atoms with Crippen LogP contribution in [0, 0.1) is 11.6 Å². The molecule has 1 heterocycles. The van der Waals surface area contributed by atoms with Crippen LogP contribution >= 0.6 is 11.6 Å². The number of carbonyl (C=O) groups is 1. The van der Waals surface area contributed by atoms with Gasteiger partial charge in [-0.2, -0.15) is 0 Å². The van der Waals surface area contributed by atoms with Gasteiger partial charge in [-0.05, 0) is 36.2 Å². The van der Waals surface area contributed by atoms with Gasteiger partial charge in [0.2, 0.25) is 0 Å². The quantitative estimate of drug-likeness (QED) is 0.870. The Morgan fingerprint density at radius 1 is 1.28 bits per heavy atom. The fourth-order valence-electron chi connectivity index (χ4n) is 3.01. The molecule has 2 aromatic rings. The van der Waals surface area contributed by atoms with E-state index in [1.807, 2.05) is 0 Å². The van der Waals surface area contributed by atoms with Gasteiger partial charge in [-0.1, -0.05) is 29.8 Å². The minimum absolute atomic E-state index is 0.0610. The van der Waals surface area contributed by atoms with Crippen molar-refractivity contribution in [2.75, 3.05) is 13.1 Å². The fraction of sp³-hybridized carbons (Fsp3) is 0.278. The van der Waals surface area contributed by atoms with Gasteiger partial charge in [0, 0.05) is 18.1 Å². The Morgan fingerprint density at radius 2 is 2.04 bits per heavy atom. The van der Waals surface area contributed by atoms with E-state index in [9.17, 15) is 18.7 Å². The molecule has 1 fully saturated rings. The van der Waals surface area contributed by atoms with E-state index < -0.39 is 23.6 Å². The zero-order valence-corrected chi connectivity index (χ0v) is 13.9. The summed E-state index contributed by atoms with van der Waals surface area (Å²) in [5.41, 5.74) is 0.321. The molecule has 0 radical (unpaired) electrons. The van der Waals surface area contributed by atoms with Gasteiger partial charge >= 0.3 is 5.97 Å². The first-order chi connectivity index (χ1) is 12.0. The summed E-state index contributed by atoms with van der Waals surface area (Å²) in [6.45, 7) is 0.753. The molecule has 25 heavy (non-hydrogen) atoms. The molecule has 0 aromatic heterocycles. The van der Waals surface area contributed by atoms with Gasteiger partial charge in [0.05, 0.1) is 0 Å². The minimum atomic E-state index is -1.08. The second-order valence-corrected chi connectivity index (χ2v) is 6.27. The number of carboxylic acid groups (broad SMARTS) is 1. The monoisotopic (exact) mass is 367 g/mol. The Morgan fingerprint density at radius 3 is 2.72 bits per heavy atom. The van der Waals surface area contributed by atoms with E-state index in [1.165, 1.54) is 24.3 Å². The SMILES string of the molecule is O=C(O)C(c1ccc(F)cc1Cl)N1CCC(Oc2ccccc2F)C1. The predicted molar refractivity (Wildman–Crippen MR) is 88.8 cm³/mol. The Kier molecular flexibility index (Phi) is 5.20. The lowest BCUT2D eigenvalue weighted by molar-refractivity contribution is -0.143. The number of carboxylic acids is 1. The lowest BCUT2D eigenvalue weighted by atomic mass is 10.1. The highest BCUT2D eigenvalue weighted by atomic mass is 35.5. The smallest absolute Gasteiger partial charge is 0.325 e. The molecule has 7 heteroatoms. The van der Waals surface area contributed by atoms with E-state index in [2.05, 4.69) is 0 Å². The number of ether oxygens (including phenoxy) is 1. The third-order valence-electron chi connectivity index (χ3n) is 4.16. The maximum Gasteiger partial charge on any atom is 0.325 e. The van der Waals surface area contributed by atoms with E-state index in [4.69, 9.17) is 16.3 Å². The number of halogens is 3. The number of likely N-dealkylation sites (tertiary alicyclic amines) is 1. The van der Waals surface area contributed by atoms with Gasteiger partial charge in [0.1, 0.15) is 18.0 Å². The molecule has 1 N–H and O–H groups in total. The van der Waals surface area contributed by atoms with E-state index in [1.54, 1.807) is 17.0 Å². The second kappa shape index (κ2) is 7.37. The number of para-hydroxylation sites is 1. The van der Waals surface area contributed by atoms with Gasteiger partial charge in [-0.15, -0.1) is 0 Å². The Hall–Kier alpha value is -2.18. The first-order valence-corrected chi connectivity index (χ1v) is 8.16. The number of hydrogen-bond acceptors (Lipinski definition) is 3. The topological polar surface area (TPSA) is 49.8 Å². The molecule has 1 saturated heterocycles. The molecule has 0 bridgehead atoms. The predicted octanol–water partition coefficient (Wildman–Crippen LogP) is 3.90. The van der Waals surface area contributed by atoms with Crippen LogP contribution in [0.15, 0.2) is 42.5 Å². The van der Waals surface area contributed by atoms with Crippen LogP contribution in [0.1, 0.15) is 18.0 Å². The van der Waals surface area contributed by atoms with Crippen LogP contribution in [-0.4, -0.2) is 35.2 Å². The normalized spacial score (nSPS) is 18.9. The van der Waals surface area contributed by atoms with Gasteiger partial charge < -0.3 is 9.84 Å². The fourth-order valence-corrected chi connectivity index (χ4v) is 3.28. The molecule has 1 aliphatic heterocycles. The first kappa shape index (κ1) is 17.6. The third-order valence-corrected chi connectivity index (χ3v) is 4.49.